The van der Waals surface area contributed by atoms with Crippen molar-refractivity contribution in [3.05, 3.63) is 59.4 Å². The summed E-state index contributed by atoms with van der Waals surface area (Å²) in [5, 5.41) is 15.1. The minimum absolute atomic E-state index is 0.0278. The Balaban J connectivity index is 2.01. The van der Waals surface area contributed by atoms with Gasteiger partial charge in [-0.3, -0.25) is 4.79 Å². The zero-order valence-electron chi connectivity index (χ0n) is 22.0. The van der Waals surface area contributed by atoms with Crippen molar-refractivity contribution in [3.63, 3.8) is 0 Å². The van der Waals surface area contributed by atoms with E-state index in [4.69, 9.17) is 5.73 Å². The third kappa shape index (κ3) is 7.08. The van der Waals surface area contributed by atoms with Gasteiger partial charge in [0.25, 0.3) is 0 Å². The van der Waals surface area contributed by atoms with Crippen LogP contribution in [0.4, 0.5) is 9.18 Å². The average Bonchev–Trinajstić information content (AvgIpc) is 2.93. The van der Waals surface area contributed by atoms with Crippen molar-refractivity contribution in [3.8, 4) is 11.1 Å². The Labute approximate surface area is 219 Å². The molecule has 202 valence electrons. The summed E-state index contributed by atoms with van der Waals surface area (Å²) in [5.74, 6) is -0.667. The first-order valence-electron chi connectivity index (χ1n) is 13.2. The van der Waals surface area contributed by atoms with E-state index in [1.54, 1.807) is 17.0 Å². The fourth-order valence-electron chi connectivity index (χ4n) is 5.31. The van der Waals surface area contributed by atoms with Crippen LogP contribution in [0, 0.1) is 11.7 Å². The number of rotatable bonds is 11. The fraction of sp³-hybridized carbons (Fsp3) is 0.517. The monoisotopic (exact) mass is 513 g/mol. The van der Waals surface area contributed by atoms with Gasteiger partial charge in [0.1, 0.15) is 5.82 Å². The summed E-state index contributed by atoms with van der Waals surface area (Å²) in [7, 11) is 1.30. The predicted octanol–water partition coefficient (Wildman–Crippen LogP) is 4.36. The molecule has 7 nitrogen and oxygen atoms in total. The van der Waals surface area contributed by atoms with Gasteiger partial charge in [-0.1, -0.05) is 43.3 Å². The van der Waals surface area contributed by atoms with Crippen molar-refractivity contribution in [1.82, 2.24) is 10.2 Å². The van der Waals surface area contributed by atoms with Gasteiger partial charge in [0.2, 0.25) is 5.91 Å². The summed E-state index contributed by atoms with van der Waals surface area (Å²) < 4.78 is 20.1. The van der Waals surface area contributed by atoms with Crippen LogP contribution in [-0.2, 0) is 21.6 Å². The van der Waals surface area contributed by atoms with Gasteiger partial charge < -0.3 is 25.8 Å². The first-order valence-corrected chi connectivity index (χ1v) is 13.2. The molecule has 1 aliphatic rings. The van der Waals surface area contributed by atoms with Crippen molar-refractivity contribution in [2.24, 2.45) is 11.7 Å². The van der Waals surface area contributed by atoms with Gasteiger partial charge in [0.15, 0.2) is 0 Å². The van der Waals surface area contributed by atoms with Crippen molar-refractivity contribution >= 4 is 12.0 Å². The van der Waals surface area contributed by atoms with Gasteiger partial charge >= 0.3 is 6.09 Å². The first-order chi connectivity index (χ1) is 17.8. The lowest BCUT2D eigenvalue weighted by molar-refractivity contribution is -0.136. The molecule has 1 fully saturated rings. The molecule has 37 heavy (non-hydrogen) atoms. The largest absolute Gasteiger partial charge is 0.453 e. The van der Waals surface area contributed by atoms with Crippen LogP contribution < -0.4 is 11.1 Å². The normalized spacial score (nSPS) is 17.2. The number of hydrogen-bond donors (Lipinski definition) is 3. The van der Waals surface area contributed by atoms with E-state index in [9.17, 15) is 14.7 Å². The van der Waals surface area contributed by atoms with Crippen LogP contribution in [0.1, 0.15) is 56.6 Å². The number of nitrogens with two attached hydrogens (primary N) is 1. The van der Waals surface area contributed by atoms with Gasteiger partial charge in [0.05, 0.1) is 12.7 Å². The predicted molar refractivity (Wildman–Crippen MR) is 142 cm³/mol. The van der Waals surface area contributed by atoms with Crippen LogP contribution >= 0.6 is 0 Å². The van der Waals surface area contributed by atoms with E-state index in [-0.39, 0.29) is 18.2 Å². The number of aliphatic hydroxyl groups is 1. The number of nitrogens with zero attached hydrogens (tertiary/aromatic N) is 1. The second kappa shape index (κ2) is 13.5. The molecule has 2 aromatic rings. The Morgan fingerprint density at radius 2 is 2.03 bits per heavy atom. The number of aryl methyl sites for hydroxylation is 1. The van der Waals surface area contributed by atoms with Gasteiger partial charge in [-0.2, -0.15) is 0 Å². The molecule has 1 saturated heterocycles. The Bertz CT molecular complexity index is 1060. The number of likely N-dealkylation sites (tertiary alicyclic amines) is 1. The lowest BCUT2D eigenvalue weighted by Crippen LogP contribution is -2.48. The Hall–Kier alpha value is -2.97. The molecule has 2 atom stereocenters. The maximum absolute atomic E-state index is 15.5. The second-order valence-corrected chi connectivity index (χ2v) is 9.73. The van der Waals surface area contributed by atoms with E-state index >= 15 is 4.39 Å². The quantitative estimate of drug-likeness (QED) is 0.388. The third-order valence-corrected chi connectivity index (χ3v) is 7.34. The lowest BCUT2D eigenvalue weighted by atomic mass is 9.72. The van der Waals surface area contributed by atoms with Gasteiger partial charge in [-0.25, -0.2) is 9.18 Å². The summed E-state index contributed by atoms with van der Waals surface area (Å²) >= 11 is 0. The average molecular weight is 514 g/mol. The summed E-state index contributed by atoms with van der Waals surface area (Å²) in [6, 6.07) is 12.6. The van der Waals surface area contributed by atoms with E-state index < -0.39 is 17.5 Å². The number of benzene rings is 2. The van der Waals surface area contributed by atoms with Crippen molar-refractivity contribution in [1.29, 1.82) is 0 Å². The van der Waals surface area contributed by atoms with Crippen LogP contribution in [0.5, 0.6) is 0 Å². The van der Waals surface area contributed by atoms with Crippen LogP contribution in [0.15, 0.2) is 42.5 Å². The number of carbonyl (C=O) groups is 2. The zero-order valence-corrected chi connectivity index (χ0v) is 22.0. The topological polar surface area (TPSA) is 105 Å². The molecule has 8 heteroatoms. The molecule has 1 aliphatic heterocycles. The molecule has 0 radical (unpaired) electrons. The van der Waals surface area contributed by atoms with E-state index in [0.717, 1.165) is 18.4 Å². The molecule has 0 saturated carbocycles. The Morgan fingerprint density at radius 1 is 1.24 bits per heavy atom. The van der Waals surface area contributed by atoms with Crippen molar-refractivity contribution in [2.45, 2.75) is 57.5 Å². The maximum Gasteiger partial charge on any atom is 0.406 e. The number of hydrogen-bond acceptors (Lipinski definition) is 5. The highest BCUT2D eigenvalue weighted by Crippen LogP contribution is 2.44. The molecule has 0 aromatic heterocycles. The number of halogens is 1. The number of ether oxygens (including phenoxy) is 1. The lowest BCUT2D eigenvalue weighted by Gasteiger charge is -2.43. The number of carbonyl (C=O) groups excluding carboxylic acids is 2. The van der Waals surface area contributed by atoms with Crippen LogP contribution in [0.2, 0.25) is 0 Å². The standard InChI is InChI=1S/C29H40FN3O4/c1-3-21-9-4-10-22(19-21)27-24(12-5-13-25(27)30)29(36,15-8-17-32-28(35)37-2)23-11-7-18-33(20-23)26(34)14-6-16-31/h4-5,9-10,12-13,19,23,36H,3,6-8,11,14-18,20,31H2,1-2H3,(H,32,35). The highest BCUT2D eigenvalue weighted by Gasteiger charge is 2.43. The number of alkyl carbamates (subject to hydrolysis) is 1. The number of methoxy groups -OCH3 is 1. The molecule has 0 aliphatic carbocycles. The molecular weight excluding hydrogens is 473 g/mol. The summed E-state index contributed by atoms with van der Waals surface area (Å²) in [6.07, 6.45) is 3.45. The molecule has 0 bridgehead atoms. The number of amides is 2. The number of piperidine rings is 1. The van der Waals surface area contributed by atoms with Crippen molar-refractivity contribution < 1.29 is 23.8 Å². The fourth-order valence-corrected chi connectivity index (χ4v) is 5.31. The summed E-state index contributed by atoms with van der Waals surface area (Å²) in [5.41, 5.74) is 6.87. The molecule has 0 spiro atoms. The SMILES string of the molecule is CCc1cccc(-c2c(F)cccc2C(O)(CCCNC(=O)OC)C2CCCN(C(=O)CCCN)C2)c1. The second-order valence-electron chi connectivity index (χ2n) is 9.73. The van der Waals surface area contributed by atoms with E-state index in [0.29, 0.717) is 68.6 Å². The molecule has 2 aromatic carbocycles. The molecule has 3 rings (SSSR count). The van der Waals surface area contributed by atoms with Gasteiger partial charge in [0, 0.05) is 37.5 Å². The number of nitrogens with one attached hydrogen (secondary N) is 1. The smallest absolute Gasteiger partial charge is 0.406 e. The minimum Gasteiger partial charge on any atom is -0.453 e. The Kier molecular flexibility index (Phi) is 10.5. The van der Waals surface area contributed by atoms with Gasteiger partial charge in [-0.15, -0.1) is 0 Å². The van der Waals surface area contributed by atoms with E-state index in [1.807, 2.05) is 31.2 Å². The molecule has 2 amide bonds. The summed E-state index contributed by atoms with van der Waals surface area (Å²) in [4.78, 5) is 26.2. The molecule has 4 N–H and O–H groups in total. The zero-order chi connectivity index (χ0) is 26.8. The van der Waals surface area contributed by atoms with E-state index in [2.05, 4.69) is 10.1 Å². The molecular formula is C29H40FN3O4. The van der Waals surface area contributed by atoms with Crippen LogP contribution in [-0.4, -0.2) is 55.3 Å². The molecule has 1 heterocycles. The summed E-state index contributed by atoms with van der Waals surface area (Å²) in [6.45, 7) is 3.81. The maximum atomic E-state index is 15.5. The minimum atomic E-state index is -1.41. The van der Waals surface area contributed by atoms with Crippen LogP contribution in [0.25, 0.3) is 11.1 Å². The van der Waals surface area contributed by atoms with E-state index in [1.165, 1.54) is 13.2 Å². The van der Waals surface area contributed by atoms with Crippen LogP contribution in [0.3, 0.4) is 0 Å². The molecule has 2 unspecified atom stereocenters. The van der Waals surface area contributed by atoms with Crippen molar-refractivity contribution in [2.75, 3.05) is 33.3 Å². The highest BCUT2D eigenvalue weighted by molar-refractivity contribution is 5.76. The third-order valence-electron chi connectivity index (χ3n) is 7.34. The highest BCUT2D eigenvalue weighted by atomic mass is 19.1. The Morgan fingerprint density at radius 3 is 2.76 bits per heavy atom. The van der Waals surface area contributed by atoms with Gasteiger partial charge in [-0.05, 0) is 67.8 Å². The first kappa shape index (κ1) is 28.6.